The minimum atomic E-state index is -3.39. The SMILES string of the molecule is CCC(CC)CN(CC)S(=O)(=O)c1ccc(CCO)s1. The van der Waals surface area contributed by atoms with Crippen molar-refractivity contribution in [2.45, 2.75) is 44.2 Å². The molecule has 0 atom stereocenters. The van der Waals surface area contributed by atoms with Crippen LogP contribution >= 0.6 is 11.3 Å². The van der Waals surface area contributed by atoms with Gasteiger partial charge in [-0.3, -0.25) is 0 Å². The van der Waals surface area contributed by atoms with Crippen molar-refractivity contribution in [3.63, 3.8) is 0 Å². The number of aliphatic hydroxyl groups is 1. The molecule has 1 rings (SSSR count). The Balaban J connectivity index is 2.92. The topological polar surface area (TPSA) is 57.6 Å². The van der Waals surface area contributed by atoms with E-state index in [0.717, 1.165) is 17.7 Å². The standard InChI is InChI=1S/C14H25NO3S2/c1-4-12(5-2)11-15(6-3)20(17,18)14-8-7-13(19-14)9-10-16/h7-8,12,16H,4-6,9-11H2,1-3H3. The number of hydrogen-bond donors (Lipinski definition) is 1. The highest BCUT2D eigenvalue weighted by Crippen LogP contribution is 2.26. The van der Waals surface area contributed by atoms with Gasteiger partial charge in [-0.05, 0) is 18.1 Å². The summed E-state index contributed by atoms with van der Waals surface area (Å²) in [5.41, 5.74) is 0. The molecular weight excluding hydrogens is 294 g/mol. The minimum absolute atomic E-state index is 0.0469. The van der Waals surface area contributed by atoms with Crippen molar-refractivity contribution in [3.05, 3.63) is 17.0 Å². The van der Waals surface area contributed by atoms with E-state index >= 15 is 0 Å². The van der Waals surface area contributed by atoms with E-state index in [4.69, 9.17) is 5.11 Å². The molecule has 0 fully saturated rings. The van der Waals surface area contributed by atoms with Crippen molar-refractivity contribution < 1.29 is 13.5 Å². The van der Waals surface area contributed by atoms with E-state index in [1.54, 1.807) is 16.4 Å². The Labute approximate surface area is 126 Å². The highest BCUT2D eigenvalue weighted by molar-refractivity contribution is 7.91. The van der Waals surface area contributed by atoms with Crippen LogP contribution in [0, 0.1) is 5.92 Å². The van der Waals surface area contributed by atoms with Gasteiger partial charge in [-0.2, -0.15) is 4.31 Å². The van der Waals surface area contributed by atoms with Crippen LogP contribution in [0.1, 0.15) is 38.5 Å². The molecular formula is C14H25NO3S2. The van der Waals surface area contributed by atoms with E-state index in [-0.39, 0.29) is 6.61 Å². The molecule has 0 aliphatic carbocycles. The lowest BCUT2D eigenvalue weighted by Crippen LogP contribution is -2.34. The van der Waals surface area contributed by atoms with Crippen LogP contribution in [-0.4, -0.2) is 37.5 Å². The zero-order valence-corrected chi connectivity index (χ0v) is 14.1. The van der Waals surface area contributed by atoms with Crippen molar-refractivity contribution in [2.24, 2.45) is 5.92 Å². The van der Waals surface area contributed by atoms with E-state index in [1.165, 1.54) is 11.3 Å². The van der Waals surface area contributed by atoms with Gasteiger partial charge < -0.3 is 5.11 Å². The number of rotatable bonds is 9. The maximum absolute atomic E-state index is 12.6. The van der Waals surface area contributed by atoms with Crippen molar-refractivity contribution in [1.82, 2.24) is 4.31 Å². The van der Waals surface area contributed by atoms with Crippen LogP contribution in [0.5, 0.6) is 0 Å². The van der Waals surface area contributed by atoms with Crippen molar-refractivity contribution >= 4 is 21.4 Å². The monoisotopic (exact) mass is 319 g/mol. The van der Waals surface area contributed by atoms with Crippen LogP contribution in [-0.2, 0) is 16.4 Å². The fraction of sp³-hybridized carbons (Fsp3) is 0.714. The van der Waals surface area contributed by atoms with Crippen LogP contribution in [0.2, 0.25) is 0 Å². The van der Waals surface area contributed by atoms with Gasteiger partial charge in [0.2, 0.25) is 0 Å². The molecule has 1 N–H and O–H groups in total. The number of hydrogen-bond acceptors (Lipinski definition) is 4. The van der Waals surface area contributed by atoms with Crippen molar-refractivity contribution in [1.29, 1.82) is 0 Å². The third-order valence-electron chi connectivity index (χ3n) is 3.56. The van der Waals surface area contributed by atoms with Crippen LogP contribution in [0.4, 0.5) is 0 Å². The number of sulfonamides is 1. The molecule has 0 aromatic carbocycles. The molecule has 0 bridgehead atoms. The van der Waals surface area contributed by atoms with E-state index in [9.17, 15) is 8.42 Å². The molecule has 0 saturated heterocycles. The largest absolute Gasteiger partial charge is 0.396 e. The fourth-order valence-electron chi connectivity index (χ4n) is 2.10. The predicted octanol–water partition coefficient (Wildman–Crippen LogP) is 2.73. The Kier molecular flexibility index (Phi) is 7.15. The molecule has 0 aliphatic heterocycles. The van der Waals surface area contributed by atoms with Crippen LogP contribution in [0.3, 0.4) is 0 Å². The van der Waals surface area contributed by atoms with Crippen LogP contribution < -0.4 is 0 Å². The van der Waals surface area contributed by atoms with Gasteiger partial charge in [0, 0.05) is 31.0 Å². The molecule has 1 aromatic rings. The Morgan fingerprint density at radius 1 is 1.25 bits per heavy atom. The normalized spacial score (nSPS) is 12.5. The Morgan fingerprint density at radius 2 is 1.90 bits per heavy atom. The van der Waals surface area contributed by atoms with Crippen LogP contribution in [0.15, 0.2) is 16.3 Å². The van der Waals surface area contributed by atoms with Gasteiger partial charge in [0.25, 0.3) is 10.0 Å². The molecule has 6 heteroatoms. The van der Waals surface area contributed by atoms with Gasteiger partial charge in [0.15, 0.2) is 0 Å². The number of thiophene rings is 1. The van der Waals surface area contributed by atoms with Crippen molar-refractivity contribution in [3.8, 4) is 0 Å². The summed E-state index contributed by atoms with van der Waals surface area (Å²) in [6.07, 6.45) is 2.49. The molecule has 20 heavy (non-hydrogen) atoms. The Hall–Kier alpha value is -0.430. The molecule has 1 aromatic heterocycles. The van der Waals surface area contributed by atoms with Crippen molar-refractivity contribution in [2.75, 3.05) is 19.7 Å². The lowest BCUT2D eigenvalue weighted by molar-refractivity contribution is 0.300. The molecule has 4 nitrogen and oxygen atoms in total. The zero-order chi connectivity index (χ0) is 15.2. The second-order valence-electron chi connectivity index (χ2n) is 4.83. The molecule has 0 aliphatic rings. The predicted molar refractivity (Wildman–Crippen MR) is 83.6 cm³/mol. The Bertz CT molecular complexity index is 492. The van der Waals surface area contributed by atoms with E-state index in [0.29, 0.717) is 29.6 Å². The van der Waals surface area contributed by atoms with Gasteiger partial charge in [-0.1, -0.05) is 33.6 Å². The van der Waals surface area contributed by atoms with E-state index in [2.05, 4.69) is 13.8 Å². The molecule has 116 valence electrons. The first-order valence-electron chi connectivity index (χ1n) is 7.19. The minimum Gasteiger partial charge on any atom is -0.396 e. The summed E-state index contributed by atoms with van der Waals surface area (Å²) in [5.74, 6) is 0.404. The van der Waals surface area contributed by atoms with Gasteiger partial charge in [-0.15, -0.1) is 11.3 Å². The molecule has 0 amide bonds. The maximum Gasteiger partial charge on any atom is 0.252 e. The van der Waals surface area contributed by atoms with Crippen LogP contribution in [0.25, 0.3) is 0 Å². The van der Waals surface area contributed by atoms with Gasteiger partial charge >= 0.3 is 0 Å². The average molecular weight is 319 g/mol. The summed E-state index contributed by atoms with van der Waals surface area (Å²) in [6.45, 7) is 7.19. The molecule has 0 spiro atoms. The molecule has 0 saturated carbocycles. The second kappa shape index (κ2) is 8.12. The van der Waals surface area contributed by atoms with Gasteiger partial charge in [0.05, 0.1) is 0 Å². The number of nitrogens with zero attached hydrogens (tertiary/aromatic N) is 1. The quantitative estimate of drug-likeness (QED) is 0.761. The molecule has 0 unspecified atom stereocenters. The second-order valence-corrected chi connectivity index (χ2v) is 8.17. The van der Waals surface area contributed by atoms with E-state index in [1.807, 2.05) is 6.92 Å². The molecule has 0 radical (unpaired) electrons. The van der Waals surface area contributed by atoms with E-state index < -0.39 is 10.0 Å². The average Bonchev–Trinajstić information content (AvgIpc) is 2.90. The first-order chi connectivity index (χ1) is 9.49. The highest BCUT2D eigenvalue weighted by atomic mass is 32.2. The first kappa shape index (κ1) is 17.6. The summed E-state index contributed by atoms with van der Waals surface area (Å²) in [6, 6.07) is 3.44. The maximum atomic E-state index is 12.6. The lowest BCUT2D eigenvalue weighted by Gasteiger charge is -2.24. The molecule has 1 heterocycles. The van der Waals surface area contributed by atoms with Gasteiger partial charge in [-0.25, -0.2) is 8.42 Å². The summed E-state index contributed by atoms with van der Waals surface area (Å²) in [7, 11) is -3.39. The third-order valence-corrected chi connectivity index (χ3v) is 7.11. The Morgan fingerprint density at radius 3 is 2.40 bits per heavy atom. The lowest BCUT2D eigenvalue weighted by atomic mass is 10.0. The fourth-order valence-corrected chi connectivity index (χ4v) is 5.12. The summed E-state index contributed by atoms with van der Waals surface area (Å²) >= 11 is 1.26. The summed E-state index contributed by atoms with van der Waals surface area (Å²) in [4.78, 5) is 0.907. The smallest absolute Gasteiger partial charge is 0.252 e. The highest BCUT2D eigenvalue weighted by Gasteiger charge is 2.26. The number of aliphatic hydroxyl groups excluding tert-OH is 1. The third kappa shape index (κ3) is 4.28. The first-order valence-corrected chi connectivity index (χ1v) is 9.44. The summed E-state index contributed by atoms with van der Waals surface area (Å²) < 4.78 is 27.2. The zero-order valence-electron chi connectivity index (χ0n) is 12.5. The summed E-state index contributed by atoms with van der Waals surface area (Å²) in [5, 5.41) is 8.92. The van der Waals surface area contributed by atoms with Gasteiger partial charge in [0.1, 0.15) is 4.21 Å².